The first-order chi connectivity index (χ1) is 14.1. The summed E-state index contributed by atoms with van der Waals surface area (Å²) in [5.41, 5.74) is 0.537. The third-order valence-electron chi connectivity index (χ3n) is 4.91. The number of anilines is 1. The van der Waals surface area contributed by atoms with E-state index in [0.29, 0.717) is 36.1 Å². The molecule has 0 bridgehead atoms. The summed E-state index contributed by atoms with van der Waals surface area (Å²) < 4.78 is 5.81. The molecule has 0 radical (unpaired) electrons. The number of carbonyl (C=O) groups is 1. The minimum Gasteiger partial charge on any atom is -0.439 e. The van der Waals surface area contributed by atoms with Crippen molar-refractivity contribution in [2.45, 2.75) is 13.0 Å². The number of amides is 1. The van der Waals surface area contributed by atoms with Gasteiger partial charge in [-0.3, -0.25) is 4.79 Å². The van der Waals surface area contributed by atoms with Gasteiger partial charge in [0.05, 0.1) is 10.6 Å². The van der Waals surface area contributed by atoms with E-state index >= 15 is 0 Å². The Morgan fingerprint density at radius 1 is 1.07 bits per heavy atom. The average molecular weight is 409 g/mol. The number of halogens is 1. The van der Waals surface area contributed by atoms with E-state index in [4.69, 9.17) is 16.3 Å². The lowest BCUT2D eigenvalue weighted by atomic mass is 10.1. The van der Waals surface area contributed by atoms with E-state index in [1.54, 1.807) is 12.1 Å². The normalized spacial score (nSPS) is 16.6. The molecule has 148 valence electrons. The van der Waals surface area contributed by atoms with Crippen LogP contribution >= 0.6 is 11.6 Å². The Morgan fingerprint density at radius 3 is 2.59 bits per heavy atom. The number of nitrogens with zero attached hydrogens (tertiary/aromatic N) is 4. The van der Waals surface area contributed by atoms with Gasteiger partial charge in [-0.25, -0.2) is 9.97 Å². The van der Waals surface area contributed by atoms with Gasteiger partial charge in [0.25, 0.3) is 5.91 Å². The highest BCUT2D eigenvalue weighted by Gasteiger charge is 2.29. The van der Waals surface area contributed by atoms with E-state index in [1.807, 2.05) is 60.4 Å². The minimum atomic E-state index is -0.0430. The van der Waals surface area contributed by atoms with Crippen LogP contribution in [0.4, 0.5) is 5.82 Å². The van der Waals surface area contributed by atoms with Crippen LogP contribution in [-0.4, -0.2) is 46.5 Å². The first-order valence-corrected chi connectivity index (χ1v) is 9.85. The molecule has 4 rings (SSSR count). The highest BCUT2D eigenvalue weighted by molar-refractivity contribution is 6.33. The van der Waals surface area contributed by atoms with E-state index in [2.05, 4.69) is 14.9 Å². The summed E-state index contributed by atoms with van der Waals surface area (Å²) in [5, 5.41) is 0.477. The van der Waals surface area contributed by atoms with Crippen LogP contribution in [0.25, 0.3) is 0 Å². The van der Waals surface area contributed by atoms with Crippen LogP contribution in [0, 0.1) is 0 Å². The zero-order valence-corrected chi connectivity index (χ0v) is 16.8. The molecular formula is C22H21ClN4O2. The highest BCUT2D eigenvalue weighted by Crippen LogP contribution is 2.25. The SMILES string of the molecule is C[C@H]1CN(c2cc(Oc3ccccc3)ncn2)CCN1C(=O)c1ccccc1Cl. The van der Waals surface area contributed by atoms with Gasteiger partial charge in [-0.15, -0.1) is 0 Å². The molecule has 2 heterocycles. The molecule has 3 aromatic rings. The molecule has 1 saturated heterocycles. The molecule has 1 aliphatic heterocycles. The van der Waals surface area contributed by atoms with Crippen LogP contribution < -0.4 is 9.64 Å². The van der Waals surface area contributed by atoms with Gasteiger partial charge >= 0.3 is 0 Å². The van der Waals surface area contributed by atoms with Gasteiger partial charge in [-0.2, -0.15) is 0 Å². The summed E-state index contributed by atoms with van der Waals surface area (Å²) >= 11 is 6.21. The van der Waals surface area contributed by atoms with Crippen LogP contribution in [0.1, 0.15) is 17.3 Å². The third-order valence-corrected chi connectivity index (χ3v) is 5.24. The smallest absolute Gasteiger partial charge is 0.255 e. The maximum absolute atomic E-state index is 12.9. The third kappa shape index (κ3) is 4.32. The Morgan fingerprint density at radius 2 is 1.83 bits per heavy atom. The van der Waals surface area contributed by atoms with Crippen molar-refractivity contribution >= 4 is 23.3 Å². The van der Waals surface area contributed by atoms with Gasteiger partial charge in [0, 0.05) is 31.7 Å². The Bertz CT molecular complexity index is 999. The Balaban J connectivity index is 1.45. The molecule has 0 spiro atoms. The van der Waals surface area contributed by atoms with Crippen LogP contribution in [0.15, 0.2) is 67.0 Å². The summed E-state index contributed by atoms with van der Waals surface area (Å²) in [4.78, 5) is 25.5. The summed E-state index contributed by atoms with van der Waals surface area (Å²) in [6, 6.07) is 18.5. The molecule has 1 fully saturated rings. The Hall–Kier alpha value is -3.12. The monoisotopic (exact) mass is 408 g/mol. The second-order valence-electron chi connectivity index (χ2n) is 6.90. The van der Waals surface area contributed by atoms with Gasteiger partial charge < -0.3 is 14.5 Å². The van der Waals surface area contributed by atoms with Crippen LogP contribution in [-0.2, 0) is 0 Å². The van der Waals surface area contributed by atoms with Crippen molar-refractivity contribution in [3.63, 3.8) is 0 Å². The number of hydrogen-bond donors (Lipinski definition) is 0. The number of aromatic nitrogens is 2. The first kappa shape index (κ1) is 19.2. The second-order valence-corrected chi connectivity index (χ2v) is 7.31. The predicted molar refractivity (Wildman–Crippen MR) is 113 cm³/mol. The van der Waals surface area contributed by atoms with Crippen molar-refractivity contribution in [3.8, 4) is 11.6 Å². The summed E-state index contributed by atoms with van der Waals surface area (Å²) in [5.74, 6) is 1.95. The van der Waals surface area contributed by atoms with Crippen LogP contribution in [0.5, 0.6) is 11.6 Å². The van der Waals surface area contributed by atoms with Crippen molar-refractivity contribution < 1.29 is 9.53 Å². The molecule has 7 heteroatoms. The lowest BCUT2D eigenvalue weighted by Crippen LogP contribution is -2.54. The number of para-hydroxylation sites is 1. The molecule has 0 aliphatic carbocycles. The zero-order chi connectivity index (χ0) is 20.2. The van der Waals surface area contributed by atoms with Crippen LogP contribution in [0.2, 0.25) is 5.02 Å². The molecule has 1 atom stereocenters. The van der Waals surface area contributed by atoms with E-state index in [0.717, 1.165) is 11.6 Å². The quantitative estimate of drug-likeness (QED) is 0.645. The van der Waals surface area contributed by atoms with Gasteiger partial charge in [0.1, 0.15) is 17.9 Å². The van der Waals surface area contributed by atoms with E-state index in [9.17, 15) is 4.79 Å². The molecule has 0 unspecified atom stereocenters. The van der Waals surface area contributed by atoms with Gasteiger partial charge in [0.2, 0.25) is 5.88 Å². The summed E-state index contributed by atoms with van der Waals surface area (Å²) in [6.07, 6.45) is 1.50. The number of carbonyl (C=O) groups excluding carboxylic acids is 1. The minimum absolute atomic E-state index is 0.0148. The summed E-state index contributed by atoms with van der Waals surface area (Å²) in [7, 11) is 0. The lowest BCUT2D eigenvalue weighted by Gasteiger charge is -2.40. The van der Waals surface area contributed by atoms with Crippen molar-refractivity contribution in [1.29, 1.82) is 0 Å². The standard InChI is InChI=1S/C22H21ClN4O2/c1-16-14-26(11-12-27(16)22(28)18-9-5-6-10-19(18)23)20-13-21(25-15-24-20)29-17-7-3-2-4-8-17/h2-10,13,15-16H,11-12,14H2,1H3/t16-/m0/s1. The fourth-order valence-corrected chi connectivity index (χ4v) is 3.64. The lowest BCUT2D eigenvalue weighted by molar-refractivity contribution is 0.0674. The Labute approximate surface area is 174 Å². The molecule has 1 aromatic heterocycles. The molecule has 2 aromatic carbocycles. The average Bonchev–Trinajstić information content (AvgIpc) is 2.74. The number of ether oxygens (including phenoxy) is 1. The Kier molecular flexibility index (Phi) is 5.62. The predicted octanol–water partition coefficient (Wildman–Crippen LogP) is 4.27. The van der Waals surface area contributed by atoms with Gasteiger partial charge in [-0.1, -0.05) is 41.9 Å². The molecule has 1 aliphatic rings. The first-order valence-electron chi connectivity index (χ1n) is 9.47. The molecular weight excluding hydrogens is 388 g/mol. The van der Waals surface area contributed by atoms with Crippen molar-refractivity contribution in [1.82, 2.24) is 14.9 Å². The van der Waals surface area contributed by atoms with E-state index < -0.39 is 0 Å². The highest BCUT2D eigenvalue weighted by atomic mass is 35.5. The number of hydrogen-bond acceptors (Lipinski definition) is 5. The largest absolute Gasteiger partial charge is 0.439 e. The fourth-order valence-electron chi connectivity index (χ4n) is 3.42. The molecule has 0 N–H and O–H groups in total. The molecule has 0 saturated carbocycles. The van der Waals surface area contributed by atoms with E-state index in [-0.39, 0.29) is 11.9 Å². The number of rotatable bonds is 4. The second kappa shape index (κ2) is 8.49. The maximum Gasteiger partial charge on any atom is 0.255 e. The molecule has 1 amide bonds. The zero-order valence-electron chi connectivity index (χ0n) is 16.0. The maximum atomic E-state index is 12.9. The van der Waals surface area contributed by atoms with E-state index in [1.165, 1.54) is 6.33 Å². The van der Waals surface area contributed by atoms with Crippen LogP contribution in [0.3, 0.4) is 0 Å². The van der Waals surface area contributed by atoms with Gasteiger partial charge in [-0.05, 0) is 31.2 Å². The molecule has 6 nitrogen and oxygen atoms in total. The van der Waals surface area contributed by atoms with Crippen molar-refractivity contribution in [2.75, 3.05) is 24.5 Å². The van der Waals surface area contributed by atoms with Crippen molar-refractivity contribution in [2.24, 2.45) is 0 Å². The van der Waals surface area contributed by atoms with Gasteiger partial charge in [0.15, 0.2) is 0 Å². The number of piperazine rings is 1. The topological polar surface area (TPSA) is 58.6 Å². The fraction of sp³-hybridized carbons (Fsp3) is 0.227. The molecule has 29 heavy (non-hydrogen) atoms. The summed E-state index contributed by atoms with van der Waals surface area (Å²) in [6.45, 7) is 3.95. The number of benzene rings is 2. The van der Waals surface area contributed by atoms with Crippen molar-refractivity contribution in [3.05, 3.63) is 77.6 Å².